The summed E-state index contributed by atoms with van der Waals surface area (Å²) in [6.07, 6.45) is 0. The van der Waals surface area contributed by atoms with E-state index < -0.39 is 4.92 Å². The van der Waals surface area contributed by atoms with E-state index in [4.69, 9.17) is 14.5 Å². The van der Waals surface area contributed by atoms with Gasteiger partial charge in [-0.25, -0.2) is 4.98 Å². The number of nitro benzene ring substituents is 1. The van der Waals surface area contributed by atoms with Gasteiger partial charge in [-0.2, -0.15) is 0 Å². The first kappa shape index (κ1) is 20.1. The Morgan fingerprint density at radius 1 is 0.645 bits per heavy atom. The normalized spacial score (nSPS) is 10.5. The molecule has 3 aromatic carbocycles. The van der Waals surface area contributed by atoms with E-state index in [2.05, 4.69) is 0 Å². The minimum absolute atomic E-state index is 0.0589. The first-order valence-corrected chi connectivity index (χ1v) is 9.63. The van der Waals surface area contributed by atoms with Crippen molar-refractivity contribution in [2.45, 2.75) is 0 Å². The minimum atomic E-state index is -0.401. The van der Waals surface area contributed by atoms with Crippen molar-refractivity contribution in [3.8, 4) is 45.1 Å². The van der Waals surface area contributed by atoms with Gasteiger partial charge in [-0.05, 0) is 83.9 Å². The molecule has 0 N–H and O–H groups in total. The molecule has 0 bridgehead atoms. The summed E-state index contributed by atoms with van der Waals surface area (Å²) in [7, 11) is 3.26. The Hall–Kier alpha value is -4.19. The van der Waals surface area contributed by atoms with Crippen LogP contribution in [-0.4, -0.2) is 24.1 Å². The summed E-state index contributed by atoms with van der Waals surface area (Å²) in [6.45, 7) is 0. The number of pyridine rings is 1. The number of nitrogens with zero attached hydrogens (tertiary/aromatic N) is 2. The highest BCUT2D eigenvalue weighted by atomic mass is 16.6. The predicted octanol–water partition coefficient (Wildman–Crippen LogP) is 6.01. The van der Waals surface area contributed by atoms with E-state index in [9.17, 15) is 10.1 Å². The molecule has 31 heavy (non-hydrogen) atoms. The van der Waals surface area contributed by atoms with Gasteiger partial charge >= 0.3 is 0 Å². The lowest BCUT2D eigenvalue weighted by atomic mass is 9.99. The topological polar surface area (TPSA) is 74.5 Å². The molecule has 4 rings (SSSR count). The van der Waals surface area contributed by atoms with Crippen molar-refractivity contribution in [1.82, 2.24) is 4.98 Å². The molecule has 0 aliphatic heterocycles. The summed E-state index contributed by atoms with van der Waals surface area (Å²) >= 11 is 0. The third kappa shape index (κ3) is 4.38. The van der Waals surface area contributed by atoms with Gasteiger partial charge in [0.1, 0.15) is 11.5 Å². The molecule has 1 aromatic heterocycles. The van der Waals surface area contributed by atoms with Gasteiger partial charge in [-0.1, -0.05) is 0 Å². The fraction of sp³-hybridized carbons (Fsp3) is 0.0800. The molecule has 6 heteroatoms. The number of benzene rings is 3. The van der Waals surface area contributed by atoms with Crippen LogP contribution in [0.4, 0.5) is 5.69 Å². The number of nitro groups is 1. The largest absolute Gasteiger partial charge is 0.497 e. The summed E-state index contributed by atoms with van der Waals surface area (Å²) < 4.78 is 10.5. The second kappa shape index (κ2) is 8.67. The fourth-order valence-electron chi connectivity index (χ4n) is 3.29. The number of hydrogen-bond donors (Lipinski definition) is 0. The van der Waals surface area contributed by atoms with Crippen LogP contribution in [0.2, 0.25) is 0 Å². The van der Waals surface area contributed by atoms with E-state index in [1.54, 1.807) is 26.4 Å². The summed E-state index contributed by atoms with van der Waals surface area (Å²) in [5.74, 6) is 1.54. The molecule has 6 nitrogen and oxygen atoms in total. The van der Waals surface area contributed by atoms with E-state index in [1.165, 1.54) is 12.1 Å². The summed E-state index contributed by atoms with van der Waals surface area (Å²) in [6, 6.07) is 25.9. The maximum Gasteiger partial charge on any atom is 0.269 e. The van der Waals surface area contributed by atoms with Gasteiger partial charge in [0.15, 0.2) is 0 Å². The third-order valence-electron chi connectivity index (χ3n) is 5.01. The second-order valence-corrected chi connectivity index (χ2v) is 6.89. The van der Waals surface area contributed by atoms with Crippen molar-refractivity contribution in [3.63, 3.8) is 0 Å². The zero-order chi connectivity index (χ0) is 21.8. The van der Waals surface area contributed by atoms with Gasteiger partial charge in [-0.3, -0.25) is 10.1 Å². The molecule has 0 aliphatic carbocycles. The van der Waals surface area contributed by atoms with Gasteiger partial charge in [0.2, 0.25) is 0 Å². The Balaban J connectivity index is 1.83. The Morgan fingerprint density at radius 2 is 1.06 bits per heavy atom. The first-order valence-electron chi connectivity index (χ1n) is 9.63. The highest BCUT2D eigenvalue weighted by Gasteiger charge is 2.11. The zero-order valence-corrected chi connectivity index (χ0v) is 17.1. The number of hydrogen-bond acceptors (Lipinski definition) is 5. The van der Waals surface area contributed by atoms with Crippen molar-refractivity contribution in [1.29, 1.82) is 0 Å². The fourth-order valence-corrected chi connectivity index (χ4v) is 3.29. The summed E-state index contributed by atoms with van der Waals surface area (Å²) in [5.41, 5.74) is 5.33. The quantitative estimate of drug-likeness (QED) is 0.286. The maximum atomic E-state index is 11.0. The number of aromatic nitrogens is 1. The predicted molar refractivity (Wildman–Crippen MR) is 120 cm³/mol. The van der Waals surface area contributed by atoms with E-state index in [0.29, 0.717) is 0 Å². The zero-order valence-electron chi connectivity index (χ0n) is 17.1. The highest BCUT2D eigenvalue weighted by Crippen LogP contribution is 2.32. The van der Waals surface area contributed by atoms with Crippen LogP contribution in [0, 0.1) is 10.1 Å². The molecule has 4 aromatic rings. The van der Waals surface area contributed by atoms with Crippen LogP contribution in [0.3, 0.4) is 0 Å². The van der Waals surface area contributed by atoms with E-state index in [-0.39, 0.29) is 5.69 Å². The lowest BCUT2D eigenvalue weighted by Gasteiger charge is -2.11. The van der Waals surface area contributed by atoms with Crippen molar-refractivity contribution >= 4 is 5.69 Å². The molecule has 0 saturated heterocycles. The van der Waals surface area contributed by atoms with E-state index in [1.807, 2.05) is 60.7 Å². The highest BCUT2D eigenvalue weighted by molar-refractivity contribution is 5.77. The lowest BCUT2D eigenvalue weighted by molar-refractivity contribution is -0.384. The second-order valence-electron chi connectivity index (χ2n) is 6.89. The molecule has 154 valence electrons. The van der Waals surface area contributed by atoms with Gasteiger partial charge in [-0.15, -0.1) is 0 Å². The maximum absolute atomic E-state index is 11.0. The molecule has 0 saturated carbocycles. The Kier molecular flexibility index (Phi) is 5.62. The molecule has 0 spiro atoms. The molecule has 0 amide bonds. The molecule has 0 atom stereocenters. The van der Waals surface area contributed by atoms with Gasteiger partial charge in [0.05, 0.1) is 30.5 Å². The Morgan fingerprint density at radius 3 is 1.45 bits per heavy atom. The average molecular weight is 412 g/mol. The molecule has 0 aliphatic rings. The Labute approximate surface area is 179 Å². The van der Waals surface area contributed by atoms with Crippen LogP contribution in [0.25, 0.3) is 33.6 Å². The molecule has 0 unspecified atom stereocenters. The molecular formula is C25H20N2O4. The molecule has 1 heterocycles. The average Bonchev–Trinajstić information content (AvgIpc) is 2.84. The smallest absolute Gasteiger partial charge is 0.269 e. The van der Waals surface area contributed by atoms with Crippen LogP contribution < -0.4 is 9.47 Å². The number of non-ortho nitro benzene ring substituents is 1. The SMILES string of the molecule is COc1ccc(-c2cc(-c3ccc([N+](=O)[O-])cc3)cc(-c3ccc(OC)cc3)n2)cc1. The molecule has 0 radical (unpaired) electrons. The van der Waals surface area contributed by atoms with E-state index in [0.717, 1.165) is 45.1 Å². The number of rotatable bonds is 6. The summed E-state index contributed by atoms with van der Waals surface area (Å²) in [4.78, 5) is 15.5. The van der Waals surface area contributed by atoms with Crippen LogP contribution in [0.15, 0.2) is 84.9 Å². The molecular weight excluding hydrogens is 392 g/mol. The first-order chi connectivity index (χ1) is 15.1. The monoisotopic (exact) mass is 412 g/mol. The van der Waals surface area contributed by atoms with Crippen molar-refractivity contribution in [2.24, 2.45) is 0 Å². The third-order valence-corrected chi connectivity index (χ3v) is 5.01. The van der Waals surface area contributed by atoms with Gasteiger partial charge in [0, 0.05) is 23.3 Å². The van der Waals surface area contributed by atoms with Gasteiger partial charge in [0.25, 0.3) is 5.69 Å². The van der Waals surface area contributed by atoms with Crippen LogP contribution >= 0.6 is 0 Å². The van der Waals surface area contributed by atoms with Crippen LogP contribution in [-0.2, 0) is 0 Å². The van der Waals surface area contributed by atoms with Crippen LogP contribution in [0.1, 0.15) is 0 Å². The van der Waals surface area contributed by atoms with Gasteiger partial charge < -0.3 is 9.47 Å². The van der Waals surface area contributed by atoms with E-state index >= 15 is 0 Å². The summed E-state index contributed by atoms with van der Waals surface area (Å²) in [5, 5.41) is 11.0. The standard InChI is InChI=1S/C25H20N2O4/c1-30-22-11-5-18(6-12-22)24-15-20(17-3-9-21(10-4-17)27(28)29)16-25(26-24)19-7-13-23(31-2)14-8-19/h3-16H,1-2H3. The van der Waals surface area contributed by atoms with Crippen LogP contribution in [0.5, 0.6) is 11.5 Å². The molecule has 0 fully saturated rings. The minimum Gasteiger partial charge on any atom is -0.497 e. The lowest BCUT2D eigenvalue weighted by Crippen LogP contribution is -1.92. The number of methoxy groups -OCH3 is 2. The Bertz CT molecular complexity index is 1140. The number of ether oxygens (including phenoxy) is 2. The van der Waals surface area contributed by atoms with Crippen molar-refractivity contribution < 1.29 is 14.4 Å². The van der Waals surface area contributed by atoms with Crippen molar-refractivity contribution in [3.05, 3.63) is 95.0 Å². The van der Waals surface area contributed by atoms with Crippen molar-refractivity contribution in [2.75, 3.05) is 14.2 Å².